The normalized spacial score (nSPS) is 14.1. The van der Waals surface area contributed by atoms with E-state index in [1.54, 1.807) is 7.11 Å². The van der Waals surface area contributed by atoms with Crippen LogP contribution in [0.5, 0.6) is 5.75 Å². The third kappa shape index (κ3) is 3.58. The second kappa shape index (κ2) is 6.22. The fraction of sp³-hybridized carbons (Fsp3) is 0.375. The van der Waals surface area contributed by atoms with Gasteiger partial charge < -0.3 is 10.1 Å². The predicted molar refractivity (Wildman–Crippen MR) is 82.0 cm³/mol. The van der Waals surface area contributed by atoms with Crippen molar-refractivity contribution in [1.82, 2.24) is 5.32 Å². The molecule has 0 saturated heterocycles. The smallest absolute Gasteiger partial charge is 0.118 e. The molecule has 0 bridgehead atoms. The van der Waals surface area contributed by atoms with E-state index in [-0.39, 0.29) is 0 Å². The molecule has 19 heavy (non-hydrogen) atoms. The van der Waals surface area contributed by atoms with E-state index in [1.807, 2.05) is 23.5 Å². The quantitative estimate of drug-likeness (QED) is 0.869. The van der Waals surface area contributed by atoms with Crippen molar-refractivity contribution in [2.45, 2.75) is 32.9 Å². The molecule has 102 valence electrons. The van der Waals surface area contributed by atoms with Crippen LogP contribution >= 0.6 is 11.3 Å². The van der Waals surface area contributed by atoms with E-state index in [4.69, 9.17) is 4.74 Å². The first-order chi connectivity index (χ1) is 9.10. The van der Waals surface area contributed by atoms with Gasteiger partial charge in [-0.2, -0.15) is 0 Å². The minimum atomic E-state index is 0.323. The van der Waals surface area contributed by atoms with E-state index in [2.05, 4.69) is 50.4 Å². The van der Waals surface area contributed by atoms with Gasteiger partial charge in [0, 0.05) is 21.8 Å². The first-order valence-electron chi connectivity index (χ1n) is 6.56. The van der Waals surface area contributed by atoms with Crippen molar-refractivity contribution in [3.8, 4) is 5.75 Å². The number of aryl methyl sites for hydroxylation is 1. The van der Waals surface area contributed by atoms with Crippen LogP contribution in [0.1, 0.15) is 41.2 Å². The maximum absolute atomic E-state index is 5.18. The maximum atomic E-state index is 5.18. The van der Waals surface area contributed by atoms with E-state index in [0.29, 0.717) is 12.1 Å². The van der Waals surface area contributed by atoms with Crippen molar-refractivity contribution in [1.29, 1.82) is 0 Å². The Labute approximate surface area is 119 Å². The van der Waals surface area contributed by atoms with Crippen molar-refractivity contribution in [3.63, 3.8) is 0 Å². The molecular formula is C16H21NOS. The molecule has 0 saturated carbocycles. The molecule has 2 atom stereocenters. The first kappa shape index (κ1) is 14.1. The number of rotatable bonds is 5. The number of hydrogen-bond acceptors (Lipinski definition) is 3. The fourth-order valence-corrected chi connectivity index (χ4v) is 3.02. The average molecular weight is 275 g/mol. The Bertz CT molecular complexity index is 518. The van der Waals surface area contributed by atoms with Crippen molar-refractivity contribution < 1.29 is 4.74 Å². The van der Waals surface area contributed by atoms with E-state index in [0.717, 1.165) is 5.75 Å². The molecule has 0 spiro atoms. The topological polar surface area (TPSA) is 21.3 Å². The third-order valence-corrected chi connectivity index (χ3v) is 4.49. The Hall–Kier alpha value is -1.32. The number of thiophene rings is 1. The van der Waals surface area contributed by atoms with Crippen molar-refractivity contribution in [2.24, 2.45) is 0 Å². The van der Waals surface area contributed by atoms with Crippen LogP contribution in [0.4, 0.5) is 0 Å². The Morgan fingerprint density at radius 2 is 1.68 bits per heavy atom. The minimum absolute atomic E-state index is 0.323. The molecule has 2 nitrogen and oxygen atoms in total. The molecule has 0 amide bonds. The van der Waals surface area contributed by atoms with E-state index in [1.165, 1.54) is 15.3 Å². The number of methoxy groups -OCH3 is 1. The van der Waals surface area contributed by atoms with Crippen LogP contribution in [-0.2, 0) is 0 Å². The van der Waals surface area contributed by atoms with Gasteiger partial charge in [-0.1, -0.05) is 12.1 Å². The van der Waals surface area contributed by atoms with E-state index in [9.17, 15) is 0 Å². The summed E-state index contributed by atoms with van der Waals surface area (Å²) in [4.78, 5) is 2.75. The SMILES string of the molecule is COc1ccc([C@H](C)NC(C)c2ccc(C)s2)cc1. The molecule has 3 heteroatoms. The second-order valence-electron chi connectivity index (χ2n) is 4.83. The van der Waals surface area contributed by atoms with Crippen LogP contribution in [-0.4, -0.2) is 7.11 Å². The predicted octanol–water partition coefficient (Wildman–Crippen LogP) is 4.48. The zero-order valence-electron chi connectivity index (χ0n) is 11.9. The molecule has 0 aliphatic rings. The number of hydrogen-bond donors (Lipinski definition) is 1. The third-order valence-electron chi connectivity index (χ3n) is 3.30. The van der Waals surface area contributed by atoms with Crippen molar-refractivity contribution in [3.05, 3.63) is 51.7 Å². The monoisotopic (exact) mass is 275 g/mol. The maximum Gasteiger partial charge on any atom is 0.118 e. The Kier molecular flexibility index (Phi) is 4.61. The van der Waals surface area contributed by atoms with Gasteiger partial charge in [0.05, 0.1) is 7.11 Å². The summed E-state index contributed by atoms with van der Waals surface area (Å²) < 4.78 is 5.18. The van der Waals surface area contributed by atoms with Gasteiger partial charge in [0.2, 0.25) is 0 Å². The molecule has 0 fully saturated rings. The summed E-state index contributed by atoms with van der Waals surface area (Å²) in [5, 5.41) is 3.63. The highest BCUT2D eigenvalue weighted by Gasteiger charge is 2.12. The van der Waals surface area contributed by atoms with E-state index < -0.39 is 0 Å². The van der Waals surface area contributed by atoms with Crippen LogP contribution in [0.2, 0.25) is 0 Å². The first-order valence-corrected chi connectivity index (χ1v) is 7.38. The average Bonchev–Trinajstić information content (AvgIpc) is 2.85. The molecule has 2 aromatic rings. The molecule has 0 aliphatic heterocycles. The van der Waals surface area contributed by atoms with Crippen LogP contribution in [0.25, 0.3) is 0 Å². The zero-order valence-corrected chi connectivity index (χ0v) is 12.8. The highest BCUT2D eigenvalue weighted by molar-refractivity contribution is 7.12. The van der Waals surface area contributed by atoms with Gasteiger partial charge in [0.1, 0.15) is 5.75 Å². The number of nitrogens with one attached hydrogen (secondary N) is 1. The largest absolute Gasteiger partial charge is 0.497 e. The van der Waals surface area contributed by atoms with Gasteiger partial charge in [-0.05, 0) is 50.6 Å². The standard InChI is InChI=1S/C16H21NOS/c1-11-5-10-16(19-11)13(3)17-12(2)14-6-8-15(18-4)9-7-14/h5-10,12-13,17H,1-4H3/t12-,13?/m0/s1. The Balaban J connectivity index is 2.01. The van der Waals surface area contributed by atoms with Crippen LogP contribution in [0.15, 0.2) is 36.4 Å². The lowest BCUT2D eigenvalue weighted by Crippen LogP contribution is -2.21. The molecule has 1 heterocycles. The Morgan fingerprint density at radius 3 is 2.21 bits per heavy atom. The zero-order chi connectivity index (χ0) is 13.8. The molecule has 2 rings (SSSR count). The summed E-state index contributed by atoms with van der Waals surface area (Å²) in [5.41, 5.74) is 1.28. The van der Waals surface area contributed by atoms with Gasteiger partial charge >= 0.3 is 0 Å². The molecule has 0 aliphatic carbocycles. The summed E-state index contributed by atoms with van der Waals surface area (Å²) in [6.07, 6.45) is 0. The fourth-order valence-electron chi connectivity index (χ4n) is 2.13. The molecule has 1 N–H and O–H groups in total. The molecular weight excluding hydrogens is 254 g/mol. The number of ether oxygens (including phenoxy) is 1. The highest BCUT2D eigenvalue weighted by atomic mass is 32.1. The summed E-state index contributed by atoms with van der Waals surface area (Å²) in [6.45, 7) is 6.55. The summed E-state index contributed by atoms with van der Waals surface area (Å²) in [7, 11) is 1.69. The highest BCUT2D eigenvalue weighted by Crippen LogP contribution is 2.25. The molecule has 1 unspecified atom stereocenters. The van der Waals surface area contributed by atoms with E-state index >= 15 is 0 Å². The minimum Gasteiger partial charge on any atom is -0.497 e. The van der Waals surface area contributed by atoms with Gasteiger partial charge in [-0.15, -0.1) is 11.3 Å². The van der Waals surface area contributed by atoms with Gasteiger partial charge in [-0.25, -0.2) is 0 Å². The van der Waals surface area contributed by atoms with Crippen LogP contribution < -0.4 is 10.1 Å². The second-order valence-corrected chi connectivity index (χ2v) is 6.15. The summed E-state index contributed by atoms with van der Waals surface area (Å²) in [6, 6.07) is 13.3. The summed E-state index contributed by atoms with van der Waals surface area (Å²) in [5.74, 6) is 0.901. The lowest BCUT2D eigenvalue weighted by molar-refractivity contribution is 0.414. The lowest BCUT2D eigenvalue weighted by Gasteiger charge is -2.19. The molecule has 1 aromatic carbocycles. The Morgan fingerprint density at radius 1 is 1.00 bits per heavy atom. The van der Waals surface area contributed by atoms with Crippen molar-refractivity contribution in [2.75, 3.05) is 7.11 Å². The lowest BCUT2D eigenvalue weighted by atomic mass is 10.1. The van der Waals surface area contributed by atoms with Gasteiger partial charge in [0.15, 0.2) is 0 Å². The van der Waals surface area contributed by atoms with Gasteiger partial charge in [-0.3, -0.25) is 0 Å². The van der Waals surface area contributed by atoms with Crippen LogP contribution in [0.3, 0.4) is 0 Å². The van der Waals surface area contributed by atoms with Gasteiger partial charge in [0.25, 0.3) is 0 Å². The molecule has 0 radical (unpaired) electrons. The number of benzene rings is 1. The van der Waals surface area contributed by atoms with Crippen molar-refractivity contribution >= 4 is 11.3 Å². The molecule has 1 aromatic heterocycles. The van der Waals surface area contributed by atoms with Crippen LogP contribution in [0, 0.1) is 6.92 Å². The summed E-state index contributed by atoms with van der Waals surface area (Å²) >= 11 is 1.86.